The number of hydrogen-bond donors (Lipinski definition) is 0. The number of allylic oxidation sites excluding steroid dienone is 1. The average molecular weight is 357 g/mol. The van der Waals surface area contributed by atoms with Crippen LogP contribution in [0.1, 0.15) is 18.1 Å². The number of amides is 1. The van der Waals surface area contributed by atoms with Gasteiger partial charge in [0.15, 0.2) is 5.70 Å². The lowest BCUT2D eigenvalue weighted by atomic mass is 10.0. The Morgan fingerprint density at radius 2 is 1.74 bits per heavy atom. The molecule has 4 rings (SSSR count). The zero-order valence-electron chi connectivity index (χ0n) is 15.2. The Bertz CT molecular complexity index is 991. The number of quaternary nitrogens is 1. The van der Waals surface area contributed by atoms with Gasteiger partial charge in [-0.25, -0.2) is 19.3 Å². The minimum absolute atomic E-state index is 0.0442. The van der Waals surface area contributed by atoms with Gasteiger partial charge in [-0.05, 0) is 24.6 Å². The van der Waals surface area contributed by atoms with Gasteiger partial charge in [0.25, 0.3) is 0 Å². The maximum Gasteiger partial charge on any atom is 0.439 e. The first-order valence-corrected chi connectivity index (χ1v) is 9.03. The number of hydrogen-bond acceptors (Lipinski definition) is 3. The summed E-state index contributed by atoms with van der Waals surface area (Å²) >= 11 is 0. The fraction of sp³-hybridized carbons (Fsp3) is 0.136. The molecule has 2 aromatic carbocycles. The zero-order valence-corrected chi connectivity index (χ0v) is 15.2. The Morgan fingerprint density at radius 1 is 1.04 bits per heavy atom. The maximum absolute atomic E-state index is 13.4. The number of aromatic nitrogens is 2. The number of carbonyl (C=O) groups excluding carboxylic acids is 1. The third kappa shape index (κ3) is 3.02. The summed E-state index contributed by atoms with van der Waals surface area (Å²) in [6, 6.07) is 20.2. The molecule has 0 saturated carbocycles. The third-order valence-corrected chi connectivity index (χ3v) is 4.91. The van der Waals surface area contributed by atoms with Gasteiger partial charge in [-0.2, -0.15) is 4.48 Å². The van der Waals surface area contributed by atoms with E-state index in [2.05, 4.69) is 17.1 Å². The van der Waals surface area contributed by atoms with Gasteiger partial charge in [-0.3, -0.25) is 0 Å². The number of nitrogens with zero attached hydrogens (tertiary/aromatic N) is 4. The molecule has 0 saturated heterocycles. The van der Waals surface area contributed by atoms with Crippen LogP contribution in [0.2, 0.25) is 0 Å². The predicted molar refractivity (Wildman–Crippen MR) is 106 cm³/mol. The van der Waals surface area contributed by atoms with Crippen LogP contribution in [0, 0.1) is 0 Å². The highest BCUT2D eigenvalue weighted by Gasteiger charge is 2.46. The first kappa shape index (κ1) is 17.1. The second-order valence-electron chi connectivity index (χ2n) is 6.51. The Hall–Kier alpha value is -3.31. The summed E-state index contributed by atoms with van der Waals surface area (Å²) in [4.78, 5) is 22.2. The minimum Gasteiger partial charge on any atom is -0.245 e. The van der Waals surface area contributed by atoms with Crippen molar-refractivity contribution in [2.24, 2.45) is 4.99 Å². The van der Waals surface area contributed by atoms with Crippen molar-refractivity contribution in [2.45, 2.75) is 13.3 Å². The fourth-order valence-electron chi connectivity index (χ4n) is 3.53. The molecule has 0 fully saturated rings. The molecule has 1 amide bonds. The lowest BCUT2D eigenvalue weighted by molar-refractivity contribution is -0.666. The molecular weight excluding hydrogens is 336 g/mol. The van der Waals surface area contributed by atoms with Gasteiger partial charge >= 0.3 is 6.03 Å². The molecule has 0 radical (unpaired) electrons. The molecule has 1 atom stereocenters. The molecule has 0 bridgehead atoms. The van der Waals surface area contributed by atoms with Crippen LogP contribution >= 0.6 is 0 Å². The highest BCUT2D eigenvalue weighted by atomic mass is 16.2. The van der Waals surface area contributed by atoms with Gasteiger partial charge in [0.05, 0.1) is 6.54 Å². The number of benzene rings is 2. The highest BCUT2D eigenvalue weighted by molar-refractivity contribution is 5.90. The normalized spacial score (nSPS) is 18.9. The number of rotatable bonds is 4. The second kappa shape index (κ2) is 7.13. The van der Waals surface area contributed by atoms with Crippen LogP contribution in [0.5, 0.6) is 0 Å². The summed E-state index contributed by atoms with van der Waals surface area (Å²) < 4.78 is 1.58. The summed E-state index contributed by atoms with van der Waals surface area (Å²) in [6.07, 6.45) is 7.29. The SMILES string of the molecule is CC[N+]1(C(=O)n2ccnc2)C=NC(Cc2ccccc2)=C1c1ccccc1. The smallest absolute Gasteiger partial charge is 0.245 e. The van der Waals surface area contributed by atoms with E-state index in [0.717, 1.165) is 17.0 Å². The van der Waals surface area contributed by atoms with Crippen molar-refractivity contribution in [3.63, 3.8) is 0 Å². The van der Waals surface area contributed by atoms with Crippen molar-refractivity contribution in [3.8, 4) is 0 Å². The first-order valence-electron chi connectivity index (χ1n) is 9.03. The van der Waals surface area contributed by atoms with Crippen LogP contribution in [-0.4, -0.2) is 32.9 Å². The van der Waals surface area contributed by atoms with E-state index in [1.165, 1.54) is 10.1 Å². The summed E-state index contributed by atoms with van der Waals surface area (Å²) in [5, 5.41) is 0. The Morgan fingerprint density at radius 3 is 2.37 bits per heavy atom. The molecule has 3 aromatic rings. The molecule has 5 nitrogen and oxygen atoms in total. The van der Waals surface area contributed by atoms with E-state index in [1.807, 2.05) is 55.5 Å². The van der Waals surface area contributed by atoms with E-state index < -0.39 is 0 Å². The van der Waals surface area contributed by atoms with Gasteiger partial charge in [0, 0.05) is 24.4 Å². The molecule has 27 heavy (non-hydrogen) atoms. The van der Waals surface area contributed by atoms with Crippen molar-refractivity contribution in [2.75, 3.05) is 6.54 Å². The molecule has 1 aliphatic heterocycles. The van der Waals surface area contributed by atoms with Crippen molar-refractivity contribution >= 4 is 18.1 Å². The Kier molecular flexibility index (Phi) is 4.52. The molecule has 5 heteroatoms. The van der Waals surface area contributed by atoms with Gasteiger partial charge in [-0.15, -0.1) is 0 Å². The molecule has 1 aromatic heterocycles. The summed E-state index contributed by atoms with van der Waals surface area (Å²) in [5.41, 5.74) is 4.03. The Balaban J connectivity index is 1.86. The van der Waals surface area contributed by atoms with Crippen LogP contribution in [-0.2, 0) is 6.42 Å². The minimum atomic E-state index is -0.0827. The van der Waals surface area contributed by atoms with Crippen molar-refractivity contribution < 1.29 is 9.28 Å². The van der Waals surface area contributed by atoms with Gasteiger partial charge in [-0.1, -0.05) is 48.5 Å². The lowest BCUT2D eigenvalue weighted by Crippen LogP contribution is -2.50. The molecular formula is C22H21N4O+. The van der Waals surface area contributed by atoms with Crippen LogP contribution in [0.25, 0.3) is 5.70 Å². The topological polar surface area (TPSA) is 47.2 Å². The summed E-state index contributed by atoms with van der Waals surface area (Å²) in [5.74, 6) is 0. The molecule has 2 heterocycles. The zero-order chi connectivity index (χ0) is 18.7. The van der Waals surface area contributed by atoms with Crippen molar-refractivity contribution in [1.82, 2.24) is 9.55 Å². The third-order valence-electron chi connectivity index (χ3n) is 4.91. The molecule has 0 aliphatic carbocycles. The van der Waals surface area contributed by atoms with Gasteiger partial charge in [0.2, 0.25) is 6.34 Å². The standard InChI is InChI=1S/C22H21N4O/c1-2-26(22(27)25-14-13-23-16-25)17-24-20(15-18-9-5-3-6-10-18)21(26)19-11-7-4-8-12-19/h3-14,16-17H,2,15H2,1H3/q+1. The summed E-state index contributed by atoms with van der Waals surface area (Å²) in [7, 11) is 0. The fourth-order valence-corrected chi connectivity index (χ4v) is 3.53. The van der Waals surface area contributed by atoms with E-state index >= 15 is 0 Å². The molecule has 134 valence electrons. The Labute approximate surface area is 158 Å². The van der Waals surface area contributed by atoms with E-state index in [9.17, 15) is 4.79 Å². The average Bonchev–Trinajstić information content (AvgIpc) is 3.38. The van der Waals surface area contributed by atoms with Crippen molar-refractivity contribution in [1.29, 1.82) is 0 Å². The highest BCUT2D eigenvalue weighted by Crippen LogP contribution is 2.36. The van der Waals surface area contributed by atoms with Crippen LogP contribution in [0.3, 0.4) is 0 Å². The molecule has 0 spiro atoms. The molecule has 1 unspecified atom stereocenters. The molecule has 1 aliphatic rings. The number of aliphatic imine (C=N–C) groups is 1. The van der Waals surface area contributed by atoms with E-state index in [-0.39, 0.29) is 10.5 Å². The van der Waals surface area contributed by atoms with Crippen molar-refractivity contribution in [3.05, 3.63) is 96.2 Å². The molecule has 0 N–H and O–H groups in total. The summed E-state index contributed by atoms with van der Waals surface area (Å²) in [6.45, 7) is 2.58. The van der Waals surface area contributed by atoms with Crippen LogP contribution in [0.4, 0.5) is 4.79 Å². The van der Waals surface area contributed by atoms with Gasteiger partial charge < -0.3 is 0 Å². The lowest BCUT2D eigenvalue weighted by Gasteiger charge is -2.28. The number of imidazole rings is 1. The second-order valence-corrected chi connectivity index (χ2v) is 6.51. The van der Waals surface area contributed by atoms with Crippen LogP contribution in [0.15, 0.2) is 90.1 Å². The predicted octanol–water partition coefficient (Wildman–Crippen LogP) is 4.34. The van der Waals surface area contributed by atoms with E-state index in [1.54, 1.807) is 25.1 Å². The largest absolute Gasteiger partial charge is 0.439 e. The monoisotopic (exact) mass is 357 g/mol. The van der Waals surface area contributed by atoms with Crippen LogP contribution < -0.4 is 0 Å². The van der Waals surface area contributed by atoms with Gasteiger partial charge in [0.1, 0.15) is 12.0 Å². The first-order chi connectivity index (χ1) is 13.2. The number of carbonyl (C=O) groups is 1. The quantitative estimate of drug-likeness (QED) is 0.652. The van der Waals surface area contributed by atoms with E-state index in [0.29, 0.717) is 13.0 Å². The maximum atomic E-state index is 13.4. The van der Waals surface area contributed by atoms with E-state index in [4.69, 9.17) is 4.99 Å².